The Morgan fingerprint density at radius 1 is 1.08 bits per heavy atom. The lowest BCUT2D eigenvalue weighted by atomic mass is 9.95. The van der Waals surface area contributed by atoms with Gasteiger partial charge in [-0.2, -0.15) is 0 Å². The first-order chi connectivity index (χ1) is 17.5. The van der Waals surface area contributed by atoms with E-state index < -0.39 is 34.3 Å². The largest absolute Gasteiger partial charge is 0.352 e. The van der Waals surface area contributed by atoms with Gasteiger partial charge in [0.2, 0.25) is 21.8 Å². The second kappa shape index (κ2) is 12.9. The molecule has 1 saturated carbocycles. The van der Waals surface area contributed by atoms with Crippen LogP contribution in [-0.4, -0.2) is 50.0 Å². The summed E-state index contributed by atoms with van der Waals surface area (Å²) in [4.78, 5) is 28.4. The van der Waals surface area contributed by atoms with Crippen LogP contribution in [0, 0.1) is 5.82 Å². The van der Waals surface area contributed by atoms with E-state index in [1.165, 1.54) is 11.0 Å². The molecule has 1 aliphatic rings. The van der Waals surface area contributed by atoms with Crippen molar-refractivity contribution in [2.24, 2.45) is 0 Å². The summed E-state index contributed by atoms with van der Waals surface area (Å²) in [5.41, 5.74) is 0.783. The minimum Gasteiger partial charge on any atom is -0.352 e. The summed E-state index contributed by atoms with van der Waals surface area (Å²) in [6.45, 7) is 1.30. The van der Waals surface area contributed by atoms with Gasteiger partial charge in [-0.3, -0.25) is 13.9 Å². The first-order valence-electron chi connectivity index (χ1n) is 12.3. The number of anilines is 1. The summed E-state index contributed by atoms with van der Waals surface area (Å²) in [6.07, 6.45) is 6.28. The molecule has 37 heavy (non-hydrogen) atoms. The van der Waals surface area contributed by atoms with Crippen LogP contribution in [0.1, 0.15) is 51.0 Å². The Morgan fingerprint density at radius 2 is 1.73 bits per heavy atom. The zero-order valence-electron chi connectivity index (χ0n) is 20.9. The van der Waals surface area contributed by atoms with Gasteiger partial charge in [0.1, 0.15) is 18.4 Å². The first-order valence-corrected chi connectivity index (χ1v) is 14.9. The van der Waals surface area contributed by atoms with Gasteiger partial charge in [0.15, 0.2) is 0 Å². The lowest BCUT2D eigenvalue weighted by molar-refractivity contribution is -0.140. The molecule has 1 fully saturated rings. The number of hydrogen-bond acceptors (Lipinski definition) is 4. The quantitative estimate of drug-likeness (QED) is 0.427. The van der Waals surface area contributed by atoms with E-state index in [0.29, 0.717) is 11.4 Å². The smallest absolute Gasteiger partial charge is 0.244 e. The van der Waals surface area contributed by atoms with Gasteiger partial charge < -0.3 is 10.2 Å². The van der Waals surface area contributed by atoms with Crippen LogP contribution in [0.3, 0.4) is 0 Å². The maximum Gasteiger partial charge on any atom is 0.244 e. The third-order valence-corrected chi connectivity index (χ3v) is 8.16. The van der Waals surface area contributed by atoms with E-state index in [2.05, 4.69) is 5.32 Å². The third-order valence-electron chi connectivity index (χ3n) is 6.47. The molecule has 0 saturated heterocycles. The van der Waals surface area contributed by atoms with Crippen LogP contribution in [0.4, 0.5) is 10.1 Å². The van der Waals surface area contributed by atoms with Crippen molar-refractivity contribution >= 4 is 50.7 Å². The summed E-state index contributed by atoms with van der Waals surface area (Å²) < 4.78 is 39.9. The molecule has 2 aromatic carbocycles. The van der Waals surface area contributed by atoms with E-state index >= 15 is 0 Å². The zero-order valence-corrected chi connectivity index (χ0v) is 23.3. The maximum atomic E-state index is 13.7. The van der Waals surface area contributed by atoms with Crippen LogP contribution in [0.5, 0.6) is 0 Å². The molecule has 0 spiro atoms. The van der Waals surface area contributed by atoms with Gasteiger partial charge in [0.25, 0.3) is 0 Å². The van der Waals surface area contributed by atoms with E-state index in [9.17, 15) is 22.4 Å². The molecule has 1 N–H and O–H groups in total. The van der Waals surface area contributed by atoms with Crippen molar-refractivity contribution in [3.63, 3.8) is 0 Å². The molecular weight excluding hydrogens is 540 g/mol. The van der Waals surface area contributed by atoms with Gasteiger partial charge in [0, 0.05) is 17.6 Å². The number of sulfonamides is 1. The standard InChI is InChI=1S/C26H32Cl2FN3O4S/c1-3-24(26(34)30-20-7-5-4-6-8-20)31(16-18-9-11-19(27)12-10-18)25(33)17-32(37(2,35)36)21-13-14-23(29)22(28)15-21/h9-15,20,24H,3-8,16-17H2,1-2H3,(H,30,34)/t24-/m0/s1. The molecule has 0 heterocycles. The fourth-order valence-corrected chi connectivity index (χ4v) is 5.65. The van der Waals surface area contributed by atoms with E-state index in [1.807, 2.05) is 0 Å². The number of carbonyl (C=O) groups is 2. The van der Waals surface area contributed by atoms with Crippen LogP contribution < -0.4 is 9.62 Å². The highest BCUT2D eigenvalue weighted by atomic mass is 35.5. The predicted octanol–water partition coefficient (Wildman–Crippen LogP) is 5.15. The summed E-state index contributed by atoms with van der Waals surface area (Å²) in [5, 5.41) is 3.34. The molecule has 11 heteroatoms. The number of halogens is 3. The number of carbonyl (C=O) groups excluding carboxylic acids is 2. The summed E-state index contributed by atoms with van der Waals surface area (Å²) in [6, 6.07) is 9.55. The Bertz CT molecular complexity index is 1200. The highest BCUT2D eigenvalue weighted by Crippen LogP contribution is 2.25. The van der Waals surface area contributed by atoms with Crippen molar-refractivity contribution in [1.82, 2.24) is 10.2 Å². The maximum absolute atomic E-state index is 13.7. The van der Waals surface area contributed by atoms with E-state index in [1.54, 1.807) is 31.2 Å². The van der Waals surface area contributed by atoms with Crippen molar-refractivity contribution in [2.45, 2.75) is 64.1 Å². The number of nitrogens with one attached hydrogen (secondary N) is 1. The second-order valence-corrected chi connectivity index (χ2v) is 12.0. The fourth-order valence-electron chi connectivity index (χ4n) is 4.50. The Balaban J connectivity index is 1.92. The minimum atomic E-state index is -3.94. The highest BCUT2D eigenvalue weighted by molar-refractivity contribution is 7.92. The van der Waals surface area contributed by atoms with Gasteiger partial charge in [-0.25, -0.2) is 12.8 Å². The number of benzene rings is 2. The van der Waals surface area contributed by atoms with E-state index in [0.717, 1.165) is 60.4 Å². The third kappa shape index (κ3) is 8.06. The topological polar surface area (TPSA) is 86.8 Å². The predicted molar refractivity (Wildman–Crippen MR) is 145 cm³/mol. The Morgan fingerprint density at radius 3 is 2.30 bits per heavy atom. The van der Waals surface area contributed by atoms with Crippen LogP contribution in [0.2, 0.25) is 10.0 Å². The van der Waals surface area contributed by atoms with Gasteiger partial charge in [-0.15, -0.1) is 0 Å². The average molecular weight is 573 g/mol. The molecular formula is C26H32Cl2FN3O4S. The van der Waals surface area contributed by atoms with E-state index in [4.69, 9.17) is 23.2 Å². The van der Waals surface area contributed by atoms with Crippen molar-refractivity contribution in [2.75, 3.05) is 17.1 Å². The van der Waals surface area contributed by atoms with Crippen LogP contribution in [0.25, 0.3) is 0 Å². The molecule has 2 aromatic rings. The highest BCUT2D eigenvalue weighted by Gasteiger charge is 2.33. The van der Waals surface area contributed by atoms with Crippen LogP contribution in [-0.2, 0) is 26.2 Å². The van der Waals surface area contributed by atoms with E-state index in [-0.39, 0.29) is 29.2 Å². The van der Waals surface area contributed by atoms with Gasteiger partial charge in [-0.1, -0.05) is 61.5 Å². The normalized spacial score (nSPS) is 15.2. The first kappa shape index (κ1) is 29.2. The summed E-state index contributed by atoms with van der Waals surface area (Å²) >= 11 is 11.9. The lowest BCUT2D eigenvalue weighted by Crippen LogP contribution is -2.53. The molecule has 202 valence electrons. The lowest BCUT2D eigenvalue weighted by Gasteiger charge is -2.34. The van der Waals surface area contributed by atoms with Crippen molar-refractivity contribution in [3.8, 4) is 0 Å². The van der Waals surface area contributed by atoms with Gasteiger partial charge in [-0.05, 0) is 55.2 Å². The Hall–Kier alpha value is -2.36. The Kier molecular flexibility index (Phi) is 10.2. The SMILES string of the molecule is CC[C@@H](C(=O)NC1CCCCC1)N(Cc1ccc(Cl)cc1)C(=O)CN(c1ccc(F)c(Cl)c1)S(C)(=O)=O. The Labute approximate surface area is 228 Å². The monoisotopic (exact) mass is 571 g/mol. The molecule has 1 aliphatic carbocycles. The molecule has 0 bridgehead atoms. The molecule has 0 aromatic heterocycles. The summed E-state index contributed by atoms with van der Waals surface area (Å²) in [5.74, 6) is -1.56. The molecule has 3 rings (SSSR count). The van der Waals surface area contributed by atoms with Crippen LogP contribution >= 0.6 is 23.2 Å². The van der Waals surface area contributed by atoms with Crippen molar-refractivity contribution < 1.29 is 22.4 Å². The average Bonchev–Trinajstić information content (AvgIpc) is 2.85. The van der Waals surface area contributed by atoms with Crippen LogP contribution in [0.15, 0.2) is 42.5 Å². The van der Waals surface area contributed by atoms with Gasteiger partial charge in [0.05, 0.1) is 17.0 Å². The number of amides is 2. The molecule has 1 atom stereocenters. The molecule has 0 aliphatic heterocycles. The minimum absolute atomic E-state index is 0.0494. The number of rotatable bonds is 10. The number of nitrogens with zero attached hydrogens (tertiary/aromatic N) is 2. The van der Waals surface area contributed by atoms with Crippen molar-refractivity contribution in [3.05, 3.63) is 63.9 Å². The number of hydrogen-bond donors (Lipinski definition) is 1. The zero-order chi connectivity index (χ0) is 27.2. The van der Waals surface area contributed by atoms with Gasteiger partial charge >= 0.3 is 0 Å². The molecule has 2 amide bonds. The second-order valence-electron chi connectivity index (χ2n) is 9.28. The summed E-state index contributed by atoms with van der Waals surface area (Å²) in [7, 11) is -3.94. The van der Waals surface area contributed by atoms with Crippen molar-refractivity contribution in [1.29, 1.82) is 0 Å². The molecule has 7 nitrogen and oxygen atoms in total. The molecule has 0 radical (unpaired) electrons. The molecule has 0 unspecified atom stereocenters. The fraction of sp³-hybridized carbons (Fsp3) is 0.462.